The molecule has 0 aromatic heterocycles. The maximum absolute atomic E-state index is 12.9. The summed E-state index contributed by atoms with van der Waals surface area (Å²) in [7, 11) is 0. The van der Waals surface area contributed by atoms with Gasteiger partial charge in [0, 0.05) is 18.6 Å². The number of rotatable bonds is 2. The van der Waals surface area contributed by atoms with Crippen molar-refractivity contribution in [1.29, 1.82) is 0 Å². The van der Waals surface area contributed by atoms with Crippen LogP contribution in [0.4, 0.5) is 13.2 Å². The molecular formula is C11H11F3O2. The lowest BCUT2D eigenvalue weighted by molar-refractivity contribution is -0.106. The minimum absolute atomic E-state index is 0.0525. The van der Waals surface area contributed by atoms with Crippen LogP contribution < -0.4 is 4.74 Å². The van der Waals surface area contributed by atoms with Crippen LogP contribution >= 0.6 is 0 Å². The summed E-state index contributed by atoms with van der Waals surface area (Å²) in [6.07, 6.45) is 2.06. The molecule has 1 aliphatic rings. The number of ether oxygens (including phenoxy) is 2. The van der Waals surface area contributed by atoms with E-state index in [1.807, 2.05) is 0 Å². The highest BCUT2D eigenvalue weighted by Gasteiger charge is 2.17. The standard InChI is InChI=1S/C11H11F3O2/c12-8-5-7(6-9(13)11(8)14)16-10-3-1-2-4-15-10/h5-6,10H,1-4H2. The van der Waals surface area contributed by atoms with E-state index in [0.29, 0.717) is 13.0 Å². The summed E-state index contributed by atoms with van der Waals surface area (Å²) >= 11 is 0. The van der Waals surface area contributed by atoms with E-state index in [2.05, 4.69) is 0 Å². The highest BCUT2D eigenvalue weighted by molar-refractivity contribution is 5.25. The molecule has 0 aliphatic carbocycles. The van der Waals surface area contributed by atoms with Gasteiger partial charge in [0.15, 0.2) is 23.7 Å². The third-order valence-electron chi connectivity index (χ3n) is 2.36. The highest BCUT2D eigenvalue weighted by atomic mass is 19.2. The smallest absolute Gasteiger partial charge is 0.199 e. The van der Waals surface area contributed by atoms with E-state index in [4.69, 9.17) is 9.47 Å². The van der Waals surface area contributed by atoms with Crippen LogP contribution in [0.1, 0.15) is 19.3 Å². The first kappa shape index (κ1) is 11.3. The van der Waals surface area contributed by atoms with Gasteiger partial charge >= 0.3 is 0 Å². The molecule has 1 unspecified atom stereocenters. The summed E-state index contributed by atoms with van der Waals surface area (Å²) in [6, 6.07) is 1.63. The minimum atomic E-state index is -1.49. The van der Waals surface area contributed by atoms with Crippen LogP contribution in [0.3, 0.4) is 0 Å². The lowest BCUT2D eigenvalue weighted by Crippen LogP contribution is -2.25. The van der Waals surface area contributed by atoms with Gasteiger partial charge in [0.2, 0.25) is 0 Å². The van der Waals surface area contributed by atoms with Crippen LogP contribution in [0.25, 0.3) is 0 Å². The maximum Gasteiger partial charge on any atom is 0.199 e. The number of halogens is 3. The van der Waals surface area contributed by atoms with E-state index in [0.717, 1.165) is 25.0 Å². The topological polar surface area (TPSA) is 18.5 Å². The van der Waals surface area contributed by atoms with Crippen molar-refractivity contribution in [2.24, 2.45) is 0 Å². The molecule has 88 valence electrons. The highest BCUT2D eigenvalue weighted by Crippen LogP contribution is 2.23. The Labute approximate surface area is 91.0 Å². The van der Waals surface area contributed by atoms with Crippen LogP contribution in [-0.2, 0) is 4.74 Å². The molecule has 1 heterocycles. The fourth-order valence-corrected chi connectivity index (χ4v) is 1.56. The molecule has 0 saturated carbocycles. The van der Waals surface area contributed by atoms with E-state index in [1.54, 1.807) is 0 Å². The first-order chi connectivity index (χ1) is 7.66. The normalized spacial score (nSPS) is 20.8. The lowest BCUT2D eigenvalue weighted by atomic mass is 10.2. The van der Waals surface area contributed by atoms with Crippen LogP contribution in [0.15, 0.2) is 12.1 Å². The largest absolute Gasteiger partial charge is 0.465 e. The predicted molar refractivity (Wildman–Crippen MR) is 50.5 cm³/mol. The van der Waals surface area contributed by atoms with Crippen molar-refractivity contribution in [2.75, 3.05) is 6.61 Å². The SMILES string of the molecule is Fc1cc(OC2CCCCO2)cc(F)c1F. The number of hydrogen-bond acceptors (Lipinski definition) is 2. The molecule has 1 saturated heterocycles. The average molecular weight is 232 g/mol. The van der Waals surface area contributed by atoms with Crippen LogP contribution in [0.2, 0.25) is 0 Å². The molecule has 1 aliphatic heterocycles. The first-order valence-electron chi connectivity index (χ1n) is 5.09. The van der Waals surface area contributed by atoms with Gasteiger partial charge in [-0.25, -0.2) is 13.2 Å². The molecule has 16 heavy (non-hydrogen) atoms. The Balaban J connectivity index is 2.09. The molecule has 1 fully saturated rings. The molecule has 0 radical (unpaired) electrons. The molecule has 1 aromatic carbocycles. The summed E-state index contributed by atoms with van der Waals surface area (Å²) in [4.78, 5) is 0. The van der Waals surface area contributed by atoms with Crippen molar-refractivity contribution >= 4 is 0 Å². The Morgan fingerprint density at radius 3 is 2.38 bits per heavy atom. The predicted octanol–water partition coefficient (Wildman–Crippen LogP) is 3.01. The number of benzene rings is 1. The molecule has 0 spiro atoms. The zero-order chi connectivity index (χ0) is 11.5. The van der Waals surface area contributed by atoms with Crippen LogP contribution in [0, 0.1) is 17.5 Å². The van der Waals surface area contributed by atoms with Gasteiger partial charge in [0.25, 0.3) is 0 Å². The zero-order valence-electron chi connectivity index (χ0n) is 8.51. The summed E-state index contributed by atoms with van der Waals surface area (Å²) in [5.41, 5.74) is 0. The molecule has 1 aromatic rings. The third-order valence-corrected chi connectivity index (χ3v) is 2.36. The van der Waals surface area contributed by atoms with Gasteiger partial charge in [-0.05, 0) is 12.8 Å². The Morgan fingerprint density at radius 2 is 1.81 bits per heavy atom. The molecule has 5 heteroatoms. The summed E-state index contributed by atoms with van der Waals surface area (Å²) in [5.74, 6) is -4.06. The molecule has 1 atom stereocenters. The Morgan fingerprint density at radius 1 is 1.12 bits per heavy atom. The average Bonchev–Trinajstić information content (AvgIpc) is 2.27. The summed E-state index contributed by atoms with van der Waals surface area (Å²) in [6.45, 7) is 0.566. The van der Waals surface area contributed by atoms with Gasteiger partial charge in [0.1, 0.15) is 5.75 Å². The Bertz CT molecular complexity index is 352. The Kier molecular flexibility index (Phi) is 3.33. The van der Waals surface area contributed by atoms with Gasteiger partial charge < -0.3 is 9.47 Å². The van der Waals surface area contributed by atoms with Crippen molar-refractivity contribution < 1.29 is 22.6 Å². The van der Waals surface area contributed by atoms with E-state index in [9.17, 15) is 13.2 Å². The maximum atomic E-state index is 12.9. The quantitative estimate of drug-likeness (QED) is 0.730. The first-order valence-corrected chi connectivity index (χ1v) is 5.09. The van der Waals surface area contributed by atoms with Gasteiger partial charge in [-0.3, -0.25) is 0 Å². The summed E-state index contributed by atoms with van der Waals surface area (Å²) < 4.78 is 48.8. The van der Waals surface area contributed by atoms with Gasteiger partial charge in [-0.15, -0.1) is 0 Å². The zero-order valence-corrected chi connectivity index (χ0v) is 8.51. The van der Waals surface area contributed by atoms with Crippen molar-refractivity contribution in [3.8, 4) is 5.75 Å². The van der Waals surface area contributed by atoms with E-state index in [-0.39, 0.29) is 5.75 Å². The second-order valence-corrected chi connectivity index (χ2v) is 3.61. The molecule has 2 nitrogen and oxygen atoms in total. The van der Waals surface area contributed by atoms with Crippen LogP contribution in [0.5, 0.6) is 5.75 Å². The molecule has 2 rings (SSSR count). The second-order valence-electron chi connectivity index (χ2n) is 3.61. The molecule has 0 N–H and O–H groups in total. The van der Waals surface area contributed by atoms with Crippen LogP contribution in [-0.4, -0.2) is 12.9 Å². The Hall–Kier alpha value is -1.23. The third kappa shape index (κ3) is 2.47. The van der Waals surface area contributed by atoms with Gasteiger partial charge in [0.05, 0.1) is 6.61 Å². The fourth-order valence-electron chi connectivity index (χ4n) is 1.56. The van der Waals surface area contributed by atoms with Crippen molar-refractivity contribution in [3.05, 3.63) is 29.6 Å². The minimum Gasteiger partial charge on any atom is -0.465 e. The van der Waals surface area contributed by atoms with E-state index < -0.39 is 23.7 Å². The molecule has 0 amide bonds. The second kappa shape index (κ2) is 4.74. The van der Waals surface area contributed by atoms with Crippen molar-refractivity contribution in [2.45, 2.75) is 25.6 Å². The fraction of sp³-hybridized carbons (Fsp3) is 0.455. The van der Waals surface area contributed by atoms with Crippen molar-refractivity contribution in [3.63, 3.8) is 0 Å². The number of hydrogen-bond donors (Lipinski definition) is 0. The molecular weight excluding hydrogens is 221 g/mol. The molecule has 0 bridgehead atoms. The van der Waals surface area contributed by atoms with E-state index >= 15 is 0 Å². The van der Waals surface area contributed by atoms with Crippen molar-refractivity contribution in [1.82, 2.24) is 0 Å². The lowest BCUT2D eigenvalue weighted by Gasteiger charge is -2.23. The monoisotopic (exact) mass is 232 g/mol. The van der Waals surface area contributed by atoms with E-state index in [1.165, 1.54) is 0 Å². The van der Waals surface area contributed by atoms with Gasteiger partial charge in [-0.1, -0.05) is 0 Å². The van der Waals surface area contributed by atoms with Gasteiger partial charge in [-0.2, -0.15) is 0 Å². The summed E-state index contributed by atoms with van der Waals surface area (Å²) in [5, 5.41) is 0.